The van der Waals surface area contributed by atoms with Gasteiger partial charge < -0.3 is 0 Å². The number of nitrogens with one attached hydrogen (secondary N) is 1. The van der Waals surface area contributed by atoms with Gasteiger partial charge in [0.25, 0.3) is 0 Å². The highest BCUT2D eigenvalue weighted by Crippen LogP contribution is 2.09. The molecule has 0 saturated heterocycles. The van der Waals surface area contributed by atoms with Crippen LogP contribution in [0.4, 0.5) is 0 Å². The average molecular weight is 189 g/mol. The predicted octanol–water partition coefficient (Wildman–Crippen LogP) is 1.21. The Morgan fingerprint density at radius 2 is 2.29 bits per heavy atom. The Morgan fingerprint density at radius 1 is 1.36 bits per heavy atom. The second-order valence-electron chi connectivity index (χ2n) is 2.95. The maximum absolute atomic E-state index is 4.30. The largest absolute Gasteiger partial charge is 0.263 e. The highest BCUT2D eigenvalue weighted by Gasteiger charge is 2.05. The molecule has 5 nitrogen and oxygen atoms in total. The van der Waals surface area contributed by atoms with Gasteiger partial charge in [0.15, 0.2) is 0 Å². The molecule has 0 saturated carbocycles. The molecule has 0 aromatic carbocycles. The molecule has 0 radical (unpaired) electrons. The summed E-state index contributed by atoms with van der Waals surface area (Å²) in [6, 6.07) is 0. The summed E-state index contributed by atoms with van der Waals surface area (Å²) in [7, 11) is 0. The summed E-state index contributed by atoms with van der Waals surface area (Å²) in [4.78, 5) is 12.4. The summed E-state index contributed by atoms with van der Waals surface area (Å²) in [6.45, 7) is 2.10. The first-order valence-corrected chi connectivity index (χ1v) is 4.58. The van der Waals surface area contributed by atoms with Crippen LogP contribution in [-0.2, 0) is 6.42 Å². The molecule has 2 heterocycles. The summed E-state index contributed by atoms with van der Waals surface area (Å²) in [6.07, 6.45) is 6.87. The van der Waals surface area contributed by atoms with Crippen molar-refractivity contribution in [2.45, 2.75) is 19.8 Å². The van der Waals surface area contributed by atoms with Gasteiger partial charge in [0.05, 0.1) is 6.20 Å². The topological polar surface area (TPSA) is 67.3 Å². The molecule has 0 unspecified atom stereocenters. The van der Waals surface area contributed by atoms with Gasteiger partial charge in [-0.1, -0.05) is 6.92 Å². The summed E-state index contributed by atoms with van der Waals surface area (Å²) >= 11 is 0. The zero-order valence-electron chi connectivity index (χ0n) is 7.94. The van der Waals surface area contributed by atoms with Gasteiger partial charge in [-0.15, -0.1) is 0 Å². The Balaban J connectivity index is 2.25. The molecule has 0 aliphatic rings. The van der Waals surface area contributed by atoms with Gasteiger partial charge >= 0.3 is 0 Å². The number of hydrogen-bond acceptors (Lipinski definition) is 4. The molecule has 2 aromatic heterocycles. The van der Waals surface area contributed by atoms with E-state index in [1.165, 1.54) is 0 Å². The van der Waals surface area contributed by atoms with E-state index in [1.54, 1.807) is 18.6 Å². The van der Waals surface area contributed by atoms with Crippen LogP contribution in [0.3, 0.4) is 0 Å². The molecule has 0 aliphatic carbocycles. The second kappa shape index (κ2) is 3.95. The smallest absolute Gasteiger partial charge is 0.201 e. The van der Waals surface area contributed by atoms with Crippen LogP contribution < -0.4 is 0 Å². The van der Waals surface area contributed by atoms with Crippen molar-refractivity contribution in [3.05, 3.63) is 24.4 Å². The lowest BCUT2D eigenvalue weighted by molar-refractivity contribution is 0.841. The summed E-state index contributed by atoms with van der Waals surface area (Å²) in [5, 5.41) is 6.94. The van der Waals surface area contributed by atoms with Crippen molar-refractivity contribution in [3.63, 3.8) is 0 Å². The fourth-order valence-corrected chi connectivity index (χ4v) is 1.17. The number of aryl methyl sites for hydroxylation is 1. The van der Waals surface area contributed by atoms with Crippen LogP contribution >= 0.6 is 0 Å². The third-order valence-electron chi connectivity index (χ3n) is 1.81. The monoisotopic (exact) mass is 189 g/mol. The maximum atomic E-state index is 4.30. The number of hydrogen-bond donors (Lipinski definition) is 1. The number of aromatic amines is 1. The standard InChI is InChI=1S/C9H11N5/c1-2-3-8-12-9(14-13-8)7-6-10-4-5-11-7/h4-6H,2-3H2,1H3,(H,12,13,14). The first-order chi connectivity index (χ1) is 6.90. The fraction of sp³-hybridized carbons (Fsp3) is 0.333. The van der Waals surface area contributed by atoms with E-state index in [1.807, 2.05) is 0 Å². The average Bonchev–Trinajstić information content (AvgIpc) is 2.68. The van der Waals surface area contributed by atoms with E-state index in [0.717, 1.165) is 18.7 Å². The molecule has 0 fully saturated rings. The van der Waals surface area contributed by atoms with Crippen molar-refractivity contribution in [1.29, 1.82) is 0 Å². The lowest BCUT2D eigenvalue weighted by Crippen LogP contribution is -1.87. The van der Waals surface area contributed by atoms with E-state index in [2.05, 4.69) is 32.1 Å². The first kappa shape index (κ1) is 8.80. The number of aromatic nitrogens is 5. The van der Waals surface area contributed by atoms with Crippen LogP contribution in [0.15, 0.2) is 18.6 Å². The van der Waals surface area contributed by atoms with Gasteiger partial charge in [-0.25, -0.2) is 9.97 Å². The molecule has 2 aromatic rings. The Morgan fingerprint density at radius 3 is 3.00 bits per heavy atom. The first-order valence-electron chi connectivity index (χ1n) is 4.58. The highest BCUT2D eigenvalue weighted by atomic mass is 15.2. The Kier molecular flexibility index (Phi) is 2.48. The van der Waals surface area contributed by atoms with Crippen molar-refractivity contribution in [1.82, 2.24) is 25.1 Å². The van der Waals surface area contributed by atoms with Crippen molar-refractivity contribution in [2.75, 3.05) is 0 Å². The molecular weight excluding hydrogens is 178 g/mol. The quantitative estimate of drug-likeness (QED) is 0.788. The van der Waals surface area contributed by atoms with E-state index in [-0.39, 0.29) is 0 Å². The Labute approximate surface area is 81.6 Å². The van der Waals surface area contributed by atoms with Crippen LogP contribution in [-0.4, -0.2) is 25.1 Å². The molecule has 0 bridgehead atoms. The van der Waals surface area contributed by atoms with Gasteiger partial charge in [-0.05, 0) is 6.42 Å². The van der Waals surface area contributed by atoms with Crippen molar-refractivity contribution < 1.29 is 0 Å². The van der Waals surface area contributed by atoms with Crippen LogP contribution in [0.2, 0.25) is 0 Å². The number of nitrogens with zero attached hydrogens (tertiary/aromatic N) is 4. The maximum Gasteiger partial charge on any atom is 0.201 e. The van der Waals surface area contributed by atoms with E-state index < -0.39 is 0 Å². The van der Waals surface area contributed by atoms with Crippen molar-refractivity contribution in [3.8, 4) is 11.5 Å². The number of rotatable bonds is 3. The summed E-state index contributed by atoms with van der Waals surface area (Å²) < 4.78 is 0. The van der Waals surface area contributed by atoms with Gasteiger partial charge in [0.1, 0.15) is 11.5 Å². The minimum atomic E-state index is 0.613. The molecule has 2 rings (SSSR count). The number of H-pyrrole nitrogens is 1. The molecule has 0 aliphatic heterocycles. The van der Waals surface area contributed by atoms with Crippen LogP contribution in [0.1, 0.15) is 19.2 Å². The van der Waals surface area contributed by atoms with Crippen LogP contribution in [0, 0.1) is 0 Å². The zero-order chi connectivity index (χ0) is 9.80. The van der Waals surface area contributed by atoms with E-state index in [4.69, 9.17) is 0 Å². The van der Waals surface area contributed by atoms with Gasteiger partial charge in [-0.2, -0.15) is 5.10 Å². The van der Waals surface area contributed by atoms with Crippen molar-refractivity contribution >= 4 is 0 Å². The molecule has 0 amide bonds. The van der Waals surface area contributed by atoms with Crippen LogP contribution in [0.5, 0.6) is 0 Å². The molecule has 0 spiro atoms. The second-order valence-corrected chi connectivity index (χ2v) is 2.95. The summed E-state index contributed by atoms with van der Waals surface area (Å²) in [5.74, 6) is 1.51. The third kappa shape index (κ3) is 1.76. The minimum absolute atomic E-state index is 0.613. The fourth-order valence-electron chi connectivity index (χ4n) is 1.17. The molecule has 72 valence electrons. The van der Waals surface area contributed by atoms with E-state index >= 15 is 0 Å². The molecule has 0 atom stereocenters. The molecular formula is C9H11N5. The molecule has 14 heavy (non-hydrogen) atoms. The molecule has 5 heteroatoms. The minimum Gasteiger partial charge on any atom is -0.263 e. The Bertz CT molecular complexity index is 395. The van der Waals surface area contributed by atoms with Crippen LogP contribution in [0.25, 0.3) is 11.5 Å². The van der Waals surface area contributed by atoms with E-state index in [0.29, 0.717) is 11.5 Å². The van der Waals surface area contributed by atoms with Gasteiger partial charge in [0.2, 0.25) is 5.82 Å². The van der Waals surface area contributed by atoms with Gasteiger partial charge in [-0.3, -0.25) is 10.1 Å². The Hall–Kier alpha value is -1.78. The van der Waals surface area contributed by atoms with Gasteiger partial charge in [0, 0.05) is 18.8 Å². The highest BCUT2D eigenvalue weighted by molar-refractivity contribution is 5.45. The lowest BCUT2D eigenvalue weighted by Gasteiger charge is -1.90. The molecule has 1 N–H and O–H groups in total. The SMILES string of the molecule is CCCc1nc(-c2cnccn2)n[nH]1. The lowest BCUT2D eigenvalue weighted by atomic mass is 10.3. The zero-order valence-corrected chi connectivity index (χ0v) is 7.94. The van der Waals surface area contributed by atoms with E-state index in [9.17, 15) is 0 Å². The third-order valence-corrected chi connectivity index (χ3v) is 1.81. The normalized spacial score (nSPS) is 10.4. The van der Waals surface area contributed by atoms with Crippen molar-refractivity contribution in [2.24, 2.45) is 0 Å². The predicted molar refractivity (Wildman–Crippen MR) is 51.4 cm³/mol. The summed E-state index contributed by atoms with van der Waals surface area (Å²) in [5.41, 5.74) is 0.700.